The highest BCUT2D eigenvalue weighted by Crippen LogP contribution is 2.19. The Balaban J connectivity index is 1.30. The Labute approximate surface area is 157 Å². The predicted octanol–water partition coefficient (Wildman–Crippen LogP) is 3.45. The van der Waals surface area contributed by atoms with Gasteiger partial charge in [-0.1, -0.05) is 12.1 Å². The molecule has 0 fully saturated rings. The second kappa shape index (κ2) is 7.72. The van der Waals surface area contributed by atoms with Gasteiger partial charge in [0.2, 0.25) is 0 Å². The van der Waals surface area contributed by atoms with Crippen molar-refractivity contribution < 1.29 is 9.18 Å². The second-order valence-electron chi connectivity index (χ2n) is 6.85. The molecule has 0 saturated carbocycles. The van der Waals surface area contributed by atoms with Gasteiger partial charge >= 0.3 is 0 Å². The van der Waals surface area contributed by atoms with Gasteiger partial charge in [0.1, 0.15) is 5.82 Å². The molecule has 5 nitrogen and oxygen atoms in total. The minimum absolute atomic E-state index is 0.251. The van der Waals surface area contributed by atoms with Crippen molar-refractivity contribution in [1.29, 1.82) is 0 Å². The largest absolute Gasteiger partial charge is 0.322 e. The molecule has 1 aromatic heterocycles. The molecular weight excluding hydrogens is 343 g/mol. The minimum Gasteiger partial charge on any atom is -0.322 e. The van der Waals surface area contributed by atoms with Crippen LogP contribution in [-0.4, -0.2) is 22.1 Å². The first-order valence-electron chi connectivity index (χ1n) is 9.08. The Morgan fingerprint density at radius 2 is 1.93 bits per heavy atom. The van der Waals surface area contributed by atoms with Crippen LogP contribution in [0.4, 0.5) is 10.1 Å². The van der Waals surface area contributed by atoms with Crippen LogP contribution >= 0.6 is 0 Å². The zero-order chi connectivity index (χ0) is 18.6. The summed E-state index contributed by atoms with van der Waals surface area (Å²) in [6.45, 7) is 0.778. The minimum atomic E-state index is -0.356. The number of H-pyrrole nitrogens is 1. The smallest absolute Gasteiger partial charge is 0.255 e. The summed E-state index contributed by atoms with van der Waals surface area (Å²) in [5.41, 5.74) is 4.86. The van der Waals surface area contributed by atoms with E-state index in [1.807, 2.05) is 30.5 Å². The number of aryl methyl sites for hydroxylation is 1. The topological polar surface area (TPSA) is 69.8 Å². The Bertz CT molecular complexity index is 918. The fourth-order valence-electron chi connectivity index (χ4n) is 3.36. The van der Waals surface area contributed by atoms with Gasteiger partial charge in [-0.25, -0.2) is 4.39 Å². The molecule has 1 aliphatic rings. The summed E-state index contributed by atoms with van der Waals surface area (Å²) in [5.74, 6) is -0.608. The molecule has 3 N–H and O–H groups in total. The summed E-state index contributed by atoms with van der Waals surface area (Å²) < 4.78 is 12.9. The predicted molar refractivity (Wildman–Crippen MR) is 102 cm³/mol. The van der Waals surface area contributed by atoms with E-state index in [2.05, 4.69) is 20.8 Å². The zero-order valence-corrected chi connectivity index (χ0v) is 14.8. The molecule has 0 bridgehead atoms. The van der Waals surface area contributed by atoms with Crippen LogP contribution in [0.15, 0.2) is 54.7 Å². The summed E-state index contributed by atoms with van der Waals surface area (Å²) in [5, 5.41) is 13.6. The molecule has 138 valence electrons. The SMILES string of the molecule is O=C(Nc1ccc(CNC2CCc3cn[nH]c3C2)cc1)c1ccc(F)cc1. The van der Waals surface area contributed by atoms with E-state index in [1.54, 1.807) is 0 Å². The maximum absolute atomic E-state index is 12.9. The third-order valence-electron chi connectivity index (χ3n) is 4.93. The number of aromatic nitrogens is 2. The lowest BCUT2D eigenvalue weighted by Crippen LogP contribution is -2.34. The molecule has 1 aliphatic carbocycles. The number of hydrogen-bond acceptors (Lipinski definition) is 3. The number of nitrogens with one attached hydrogen (secondary N) is 3. The van der Waals surface area contributed by atoms with Crippen LogP contribution in [0.25, 0.3) is 0 Å². The zero-order valence-electron chi connectivity index (χ0n) is 14.8. The number of aromatic amines is 1. The maximum Gasteiger partial charge on any atom is 0.255 e. The average Bonchev–Trinajstić information content (AvgIpc) is 3.16. The summed E-state index contributed by atoms with van der Waals surface area (Å²) >= 11 is 0. The van der Waals surface area contributed by atoms with Crippen LogP contribution in [0.1, 0.15) is 33.6 Å². The number of hydrogen-bond donors (Lipinski definition) is 3. The highest BCUT2D eigenvalue weighted by molar-refractivity contribution is 6.04. The van der Waals surface area contributed by atoms with Gasteiger partial charge in [-0.05, 0) is 60.4 Å². The number of nitrogens with zero attached hydrogens (tertiary/aromatic N) is 1. The lowest BCUT2D eigenvalue weighted by molar-refractivity contribution is 0.102. The number of carbonyl (C=O) groups is 1. The van der Waals surface area contributed by atoms with Crippen LogP contribution in [0.5, 0.6) is 0 Å². The molecular formula is C21H21FN4O. The van der Waals surface area contributed by atoms with Crippen molar-refractivity contribution in [2.45, 2.75) is 31.8 Å². The van der Waals surface area contributed by atoms with E-state index in [9.17, 15) is 9.18 Å². The van der Waals surface area contributed by atoms with Crippen LogP contribution in [-0.2, 0) is 19.4 Å². The standard InChI is InChI=1S/C21H21FN4O/c22-17-6-3-15(4-7-17)21(27)25-18-8-1-14(2-9-18)12-23-19-10-5-16-13-24-26-20(16)11-19/h1-4,6-9,13,19,23H,5,10-12H2,(H,24,26)(H,25,27). The Morgan fingerprint density at radius 3 is 2.70 bits per heavy atom. The third-order valence-corrected chi connectivity index (χ3v) is 4.93. The quantitative estimate of drug-likeness (QED) is 0.649. The average molecular weight is 364 g/mol. The van der Waals surface area contributed by atoms with Gasteiger partial charge in [0.15, 0.2) is 0 Å². The van der Waals surface area contributed by atoms with E-state index < -0.39 is 0 Å². The molecule has 0 aliphatic heterocycles. The highest BCUT2D eigenvalue weighted by atomic mass is 19.1. The fraction of sp³-hybridized carbons (Fsp3) is 0.238. The summed E-state index contributed by atoms with van der Waals surface area (Å²) in [6, 6.07) is 13.7. The summed E-state index contributed by atoms with van der Waals surface area (Å²) in [7, 11) is 0. The molecule has 0 saturated heterocycles. The van der Waals surface area contributed by atoms with Crippen molar-refractivity contribution in [3.8, 4) is 0 Å². The first kappa shape index (κ1) is 17.4. The van der Waals surface area contributed by atoms with Crippen molar-refractivity contribution in [3.63, 3.8) is 0 Å². The van der Waals surface area contributed by atoms with E-state index in [4.69, 9.17) is 0 Å². The van der Waals surface area contributed by atoms with Crippen molar-refractivity contribution >= 4 is 11.6 Å². The van der Waals surface area contributed by atoms with Crippen LogP contribution in [0, 0.1) is 5.82 Å². The van der Waals surface area contributed by atoms with Crippen LogP contribution in [0.2, 0.25) is 0 Å². The fourth-order valence-corrected chi connectivity index (χ4v) is 3.36. The number of benzene rings is 2. The Morgan fingerprint density at radius 1 is 1.15 bits per heavy atom. The maximum atomic E-state index is 12.9. The van der Waals surface area contributed by atoms with Crippen LogP contribution < -0.4 is 10.6 Å². The van der Waals surface area contributed by atoms with E-state index >= 15 is 0 Å². The number of rotatable bonds is 5. The van der Waals surface area contributed by atoms with Gasteiger partial charge in [0, 0.05) is 36.0 Å². The molecule has 1 heterocycles. The van der Waals surface area contributed by atoms with Gasteiger partial charge in [0.05, 0.1) is 6.20 Å². The van der Waals surface area contributed by atoms with Gasteiger partial charge in [0.25, 0.3) is 5.91 Å². The number of carbonyl (C=O) groups excluding carboxylic acids is 1. The van der Waals surface area contributed by atoms with Crippen molar-refractivity contribution in [3.05, 3.63) is 82.9 Å². The first-order chi connectivity index (χ1) is 13.2. The molecule has 1 unspecified atom stereocenters. The highest BCUT2D eigenvalue weighted by Gasteiger charge is 2.19. The molecule has 4 rings (SSSR count). The van der Waals surface area contributed by atoms with Crippen molar-refractivity contribution in [2.24, 2.45) is 0 Å². The molecule has 27 heavy (non-hydrogen) atoms. The van der Waals surface area contributed by atoms with Crippen molar-refractivity contribution in [2.75, 3.05) is 5.32 Å². The monoisotopic (exact) mass is 364 g/mol. The normalized spacial score (nSPS) is 16.0. The first-order valence-corrected chi connectivity index (χ1v) is 9.08. The molecule has 2 aromatic carbocycles. The van der Waals surface area contributed by atoms with E-state index in [-0.39, 0.29) is 11.7 Å². The number of halogens is 1. The molecule has 6 heteroatoms. The van der Waals surface area contributed by atoms with E-state index in [1.165, 1.54) is 35.5 Å². The second-order valence-corrected chi connectivity index (χ2v) is 6.85. The molecule has 0 spiro atoms. The van der Waals surface area contributed by atoms with Crippen LogP contribution in [0.3, 0.4) is 0 Å². The number of amides is 1. The lowest BCUT2D eigenvalue weighted by atomic mass is 9.93. The lowest BCUT2D eigenvalue weighted by Gasteiger charge is -2.23. The van der Waals surface area contributed by atoms with Gasteiger partial charge < -0.3 is 10.6 Å². The Hall–Kier alpha value is -2.99. The van der Waals surface area contributed by atoms with E-state index in [0.717, 1.165) is 31.4 Å². The summed E-state index contributed by atoms with van der Waals surface area (Å²) in [4.78, 5) is 12.2. The molecule has 0 radical (unpaired) electrons. The number of anilines is 1. The molecule has 3 aromatic rings. The van der Waals surface area contributed by atoms with Gasteiger partial charge in [-0.3, -0.25) is 9.89 Å². The molecule has 1 atom stereocenters. The van der Waals surface area contributed by atoms with Gasteiger partial charge in [-0.2, -0.15) is 5.10 Å². The third kappa shape index (κ3) is 4.23. The van der Waals surface area contributed by atoms with Crippen molar-refractivity contribution in [1.82, 2.24) is 15.5 Å². The van der Waals surface area contributed by atoms with E-state index in [0.29, 0.717) is 17.3 Å². The van der Waals surface area contributed by atoms with Gasteiger partial charge in [-0.15, -0.1) is 0 Å². The number of fused-ring (bicyclic) bond motifs is 1. The molecule has 1 amide bonds. The summed E-state index contributed by atoms with van der Waals surface area (Å²) in [6.07, 6.45) is 5.06. The Kier molecular flexibility index (Phi) is 4.98.